The fourth-order valence-corrected chi connectivity index (χ4v) is 3.51. The molecule has 3 N–H and O–H groups in total. The number of urea groups is 1. The molecule has 1 saturated heterocycles. The van der Waals surface area contributed by atoms with Gasteiger partial charge in [0.25, 0.3) is 5.91 Å². The topological polar surface area (TPSA) is 104 Å². The number of imide groups is 1. The number of rotatable bonds is 10. The highest BCUT2D eigenvalue weighted by atomic mass is 127. The predicted molar refractivity (Wildman–Crippen MR) is 140 cm³/mol. The Hall–Kier alpha value is -2.63. The first-order chi connectivity index (χ1) is 15.5. The number of carbonyl (C=O) groups excluding carboxylic acids is 2. The summed E-state index contributed by atoms with van der Waals surface area (Å²) in [6, 6.07) is 9.91. The fourth-order valence-electron chi connectivity index (χ4n) is 3.51. The van der Waals surface area contributed by atoms with Gasteiger partial charge in [0.1, 0.15) is 5.54 Å². The molecule has 3 rings (SSSR count). The third-order valence-corrected chi connectivity index (χ3v) is 5.62. The molecule has 0 aliphatic carbocycles. The molecule has 1 aromatic carbocycles. The lowest BCUT2D eigenvalue weighted by atomic mass is 9.99. The average Bonchev–Trinajstić information content (AvgIpc) is 3.40. The number of amides is 3. The van der Waals surface area contributed by atoms with E-state index in [4.69, 9.17) is 0 Å². The Bertz CT molecular complexity index is 931. The molecule has 2 aromatic rings. The van der Waals surface area contributed by atoms with Crippen molar-refractivity contribution in [3.05, 3.63) is 48.3 Å². The van der Waals surface area contributed by atoms with Gasteiger partial charge < -0.3 is 16.0 Å². The molecule has 1 fully saturated rings. The summed E-state index contributed by atoms with van der Waals surface area (Å²) in [5, 5.41) is 13.6. The van der Waals surface area contributed by atoms with E-state index in [2.05, 4.69) is 50.3 Å². The monoisotopic (exact) mass is 567 g/mol. The van der Waals surface area contributed by atoms with Crippen molar-refractivity contribution in [2.75, 3.05) is 26.2 Å². The molecule has 2 heterocycles. The van der Waals surface area contributed by atoms with Crippen molar-refractivity contribution in [3.8, 4) is 5.69 Å². The van der Waals surface area contributed by atoms with E-state index in [1.165, 1.54) is 10.5 Å². The van der Waals surface area contributed by atoms with E-state index >= 15 is 0 Å². The van der Waals surface area contributed by atoms with Crippen molar-refractivity contribution >= 4 is 41.9 Å². The van der Waals surface area contributed by atoms with Gasteiger partial charge in [-0.1, -0.05) is 19.1 Å². The minimum atomic E-state index is -0.784. The van der Waals surface area contributed by atoms with E-state index in [1.807, 2.05) is 30.8 Å². The zero-order valence-corrected chi connectivity index (χ0v) is 21.8. The first kappa shape index (κ1) is 26.6. The molecule has 0 radical (unpaired) electrons. The number of hydrogen-bond donors (Lipinski definition) is 3. The summed E-state index contributed by atoms with van der Waals surface area (Å²) in [7, 11) is 0. The van der Waals surface area contributed by atoms with E-state index in [9.17, 15) is 9.59 Å². The average molecular weight is 567 g/mol. The van der Waals surface area contributed by atoms with Crippen LogP contribution in [0.2, 0.25) is 0 Å². The molecule has 0 spiro atoms. The number of guanidine groups is 1. The van der Waals surface area contributed by atoms with E-state index in [0.29, 0.717) is 25.9 Å². The number of hydrogen-bond acceptors (Lipinski definition) is 4. The number of benzene rings is 1. The fraction of sp³-hybridized carbons (Fsp3) is 0.478. The highest BCUT2D eigenvalue weighted by molar-refractivity contribution is 14.0. The second-order valence-electron chi connectivity index (χ2n) is 7.98. The molecule has 180 valence electrons. The Kier molecular flexibility index (Phi) is 10.1. The molecule has 1 atom stereocenters. The highest BCUT2D eigenvalue weighted by Crippen LogP contribution is 2.20. The molecular weight excluding hydrogens is 533 g/mol. The van der Waals surface area contributed by atoms with Gasteiger partial charge >= 0.3 is 6.03 Å². The Morgan fingerprint density at radius 2 is 1.94 bits per heavy atom. The van der Waals surface area contributed by atoms with E-state index in [1.54, 1.807) is 13.1 Å². The lowest BCUT2D eigenvalue weighted by molar-refractivity contribution is -0.130. The number of halogens is 1. The minimum Gasteiger partial charge on any atom is -0.357 e. The van der Waals surface area contributed by atoms with Crippen LogP contribution in [0.1, 0.15) is 39.2 Å². The molecule has 1 aromatic heterocycles. The summed E-state index contributed by atoms with van der Waals surface area (Å²) in [4.78, 5) is 30.4. The van der Waals surface area contributed by atoms with Gasteiger partial charge in [-0.05, 0) is 56.9 Å². The van der Waals surface area contributed by atoms with Crippen LogP contribution in [0.5, 0.6) is 0 Å². The van der Waals surface area contributed by atoms with Gasteiger partial charge in [0, 0.05) is 38.6 Å². The number of nitrogens with one attached hydrogen (secondary N) is 3. The van der Waals surface area contributed by atoms with Crippen LogP contribution in [0.3, 0.4) is 0 Å². The second-order valence-corrected chi connectivity index (χ2v) is 7.98. The number of aliphatic imine (C=N–C) groups is 1. The quantitative estimate of drug-likeness (QED) is 0.135. The molecule has 9 nitrogen and oxygen atoms in total. The van der Waals surface area contributed by atoms with Gasteiger partial charge in [0.2, 0.25) is 0 Å². The third-order valence-electron chi connectivity index (χ3n) is 5.62. The molecule has 10 heteroatoms. The van der Waals surface area contributed by atoms with Crippen LogP contribution in [0.15, 0.2) is 47.7 Å². The minimum absolute atomic E-state index is 0. The number of aromatic nitrogens is 2. The largest absolute Gasteiger partial charge is 0.357 e. The summed E-state index contributed by atoms with van der Waals surface area (Å²) in [6.07, 6.45) is 5.74. The van der Waals surface area contributed by atoms with Gasteiger partial charge in [-0.15, -0.1) is 24.0 Å². The summed E-state index contributed by atoms with van der Waals surface area (Å²) in [5.41, 5.74) is 1.47. The van der Waals surface area contributed by atoms with Gasteiger partial charge in [-0.2, -0.15) is 5.10 Å². The van der Waals surface area contributed by atoms with Crippen LogP contribution in [0.4, 0.5) is 4.79 Å². The maximum atomic E-state index is 12.4. The van der Waals surface area contributed by atoms with Crippen LogP contribution < -0.4 is 16.0 Å². The molecular formula is C23H34IN7O2. The smallest absolute Gasteiger partial charge is 0.325 e. The van der Waals surface area contributed by atoms with Crippen molar-refractivity contribution in [1.82, 2.24) is 30.6 Å². The normalized spacial score (nSPS) is 18.2. The van der Waals surface area contributed by atoms with Crippen LogP contribution in [-0.2, 0) is 11.2 Å². The number of nitrogens with zero attached hydrogens (tertiary/aromatic N) is 4. The molecule has 33 heavy (non-hydrogen) atoms. The highest BCUT2D eigenvalue weighted by Gasteiger charge is 2.45. The van der Waals surface area contributed by atoms with Crippen molar-refractivity contribution in [2.24, 2.45) is 4.99 Å². The van der Waals surface area contributed by atoms with Crippen molar-refractivity contribution in [3.63, 3.8) is 0 Å². The van der Waals surface area contributed by atoms with Crippen molar-refractivity contribution in [1.29, 1.82) is 0 Å². The molecule has 0 saturated carbocycles. The lowest BCUT2D eigenvalue weighted by Gasteiger charge is -2.19. The first-order valence-corrected chi connectivity index (χ1v) is 11.2. The van der Waals surface area contributed by atoms with Gasteiger partial charge in [0.05, 0.1) is 5.69 Å². The second kappa shape index (κ2) is 12.6. The maximum Gasteiger partial charge on any atom is 0.325 e. The van der Waals surface area contributed by atoms with Crippen LogP contribution in [-0.4, -0.2) is 64.3 Å². The summed E-state index contributed by atoms with van der Waals surface area (Å²) < 4.78 is 1.83. The van der Waals surface area contributed by atoms with E-state index in [0.717, 1.165) is 31.2 Å². The maximum absolute atomic E-state index is 12.4. The van der Waals surface area contributed by atoms with Gasteiger partial charge in [-0.25, -0.2) is 9.48 Å². The van der Waals surface area contributed by atoms with Crippen LogP contribution >= 0.6 is 24.0 Å². The summed E-state index contributed by atoms with van der Waals surface area (Å²) >= 11 is 0. The SMILES string of the molecule is CCNC(=NCCCN1C(=O)NC(C)(CC)C1=O)NCCc1ccc(-n2cccn2)cc1.I. The van der Waals surface area contributed by atoms with Gasteiger partial charge in [0.15, 0.2) is 5.96 Å². The van der Waals surface area contributed by atoms with Crippen LogP contribution in [0.25, 0.3) is 5.69 Å². The molecule has 3 amide bonds. The third kappa shape index (κ3) is 6.92. The molecule has 1 unspecified atom stereocenters. The lowest BCUT2D eigenvalue weighted by Crippen LogP contribution is -2.43. The van der Waals surface area contributed by atoms with Crippen LogP contribution in [0, 0.1) is 0 Å². The summed E-state index contributed by atoms with van der Waals surface area (Å²) in [5.74, 6) is 0.578. The first-order valence-electron chi connectivity index (χ1n) is 11.2. The van der Waals surface area contributed by atoms with E-state index < -0.39 is 5.54 Å². The van der Waals surface area contributed by atoms with Crippen molar-refractivity contribution < 1.29 is 9.59 Å². The van der Waals surface area contributed by atoms with Crippen molar-refractivity contribution in [2.45, 2.75) is 45.6 Å². The van der Waals surface area contributed by atoms with Gasteiger partial charge in [-0.3, -0.25) is 14.7 Å². The van der Waals surface area contributed by atoms with E-state index in [-0.39, 0.29) is 35.9 Å². The Morgan fingerprint density at radius 1 is 1.18 bits per heavy atom. The zero-order chi connectivity index (χ0) is 23.0. The number of carbonyl (C=O) groups is 2. The Balaban J connectivity index is 0.00000385. The Morgan fingerprint density at radius 3 is 2.55 bits per heavy atom. The standard InChI is InChI=1S/C23H33N7O2.HI/c1-4-23(3)20(31)29(22(32)28-23)16-6-13-25-21(24-5-2)26-15-12-18-8-10-19(11-9-18)30-17-7-14-27-30;/h7-11,14,17H,4-6,12-13,15-16H2,1-3H3,(H,28,32)(H2,24,25,26);1H. The predicted octanol–water partition coefficient (Wildman–Crippen LogP) is 2.70. The Labute approximate surface area is 212 Å². The molecule has 0 bridgehead atoms. The molecule has 1 aliphatic heterocycles. The zero-order valence-electron chi connectivity index (χ0n) is 19.5. The molecule has 1 aliphatic rings. The summed E-state index contributed by atoms with van der Waals surface area (Å²) in [6.45, 7) is 8.07.